The SMILES string of the molecule is CN[C@H](C(=O)N1C[C@H](O)C[C@H]1C(C)=O)C(C)(C)C. The predicted molar refractivity (Wildman–Crippen MR) is 69.1 cm³/mol. The van der Waals surface area contributed by atoms with Crippen molar-refractivity contribution in [1.29, 1.82) is 0 Å². The van der Waals surface area contributed by atoms with Crippen LogP contribution < -0.4 is 5.32 Å². The number of likely N-dealkylation sites (N-methyl/N-ethyl adjacent to an activating group) is 1. The zero-order valence-corrected chi connectivity index (χ0v) is 11.9. The highest BCUT2D eigenvalue weighted by molar-refractivity contribution is 5.90. The molecule has 0 unspecified atom stereocenters. The number of amides is 1. The van der Waals surface area contributed by atoms with Gasteiger partial charge in [-0.3, -0.25) is 9.59 Å². The maximum absolute atomic E-state index is 12.5. The Morgan fingerprint density at radius 1 is 1.39 bits per heavy atom. The molecule has 1 rings (SSSR count). The van der Waals surface area contributed by atoms with Gasteiger partial charge < -0.3 is 15.3 Å². The number of likely N-dealkylation sites (tertiary alicyclic amines) is 1. The Bertz CT molecular complexity index is 336. The average Bonchev–Trinajstić information content (AvgIpc) is 2.59. The summed E-state index contributed by atoms with van der Waals surface area (Å²) in [6.45, 7) is 7.63. The van der Waals surface area contributed by atoms with E-state index in [4.69, 9.17) is 0 Å². The zero-order chi connectivity index (χ0) is 14.1. The van der Waals surface area contributed by atoms with E-state index >= 15 is 0 Å². The molecule has 0 radical (unpaired) electrons. The summed E-state index contributed by atoms with van der Waals surface area (Å²) < 4.78 is 0. The molecule has 5 nitrogen and oxygen atoms in total. The van der Waals surface area contributed by atoms with Crippen molar-refractivity contribution < 1.29 is 14.7 Å². The lowest BCUT2D eigenvalue weighted by molar-refractivity contribution is -0.140. The van der Waals surface area contributed by atoms with E-state index in [2.05, 4.69) is 5.32 Å². The van der Waals surface area contributed by atoms with Gasteiger partial charge in [0.1, 0.15) is 0 Å². The van der Waals surface area contributed by atoms with Crippen LogP contribution in [0.25, 0.3) is 0 Å². The highest BCUT2D eigenvalue weighted by Crippen LogP contribution is 2.25. The Morgan fingerprint density at radius 3 is 2.33 bits per heavy atom. The summed E-state index contributed by atoms with van der Waals surface area (Å²) in [7, 11) is 1.74. The van der Waals surface area contributed by atoms with Gasteiger partial charge in [0.05, 0.1) is 18.2 Å². The molecule has 5 heteroatoms. The Kier molecular flexibility index (Phi) is 4.50. The van der Waals surface area contributed by atoms with Crippen LogP contribution in [0.15, 0.2) is 0 Å². The highest BCUT2D eigenvalue weighted by Gasteiger charge is 2.42. The van der Waals surface area contributed by atoms with Gasteiger partial charge >= 0.3 is 0 Å². The number of hydrogen-bond donors (Lipinski definition) is 2. The second-order valence-electron chi connectivity index (χ2n) is 6.09. The van der Waals surface area contributed by atoms with Crippen molar-refractivity contribution in [3.63, 3.8) is 0 Å². The molecule has 0 aromatic rings. The van der Waals surface area contributed by atoms with Crippen molar-refractivity contribution >= 4 is 11.7 Å². The van der Waals surface area contributed by atoms with E-state index in [1.165, 1.54) is 11.8 Å². The van der Waals surface area contributed by atoms with Gasteiger partial charge in [0.15, 0.2) is 5.78 Å². The monoisotopic (exact) mass is 256 g/mol. The molecule has 1 heterocycles. The number of aliphatic hydroxyl groups excluding tert-OH is 1. The Balaban J connectivity index is 2.91. The third kappa shape index (κ3) is 3.09. The van der Waals surface area contributed by atoms with Crippen molar-refractivity contribution in [1.82, 2.24) is 10.2 Å². The Morgan fingerprint density at radius 2 is 1.94 bits per heavy atom. The molecule has 1 aliphatic heterocycles. The lowest BCUT2D eigenvalue weighted by Crippen LogP contribution is -2.54. The van der Waals surface area contributed by atoms with Crippen molar-refractivity contribution in [2.75, 3.05) is 13.6 Å². The second-order valence-corrected chi connectivity index (χ2v) is 6.09. The minimum atomic E-state index is -0.597. The van der Waals surface area contributed by atoms with E-state index in [-0.39, 0.29) is 29.7 Å². The van der Waals surface area contributed by atoms with Gasteiger partial charge in [-0.1, -0.05) is 20.8 Å². The summed E-state index contributed by atoms with van der Waals surface area (Å²) in [6, 6.07) is -0.838. The van der Waals surface area contributed by atoms with E-state index in [9.17, 15) is 14.7 Å². The van der Waals surface area contributed by atoms with E-state index in [1.807, 2.05) is 20.8 Å². The summed E-state index contributed by atoms with van der Waals surface area (Å²) >= 11 is 0. The van der Waals surface area contributed by atoms with E-state index in [0.717, 1.165) is 0 Å². The standard InChI is InChI=1S/C13H24N2O3/c1-8(16)10-6-9(17)7-15(10)12(18)11(14-5)13(2,3)4/h9-11,14,17H,6-7H2,1-5H3/t9-,10+,11-/m1/s1. The third-order valence-electron chi connectivity index (χ3n) is 3.43. The first kappa shape index (κ1) is 15.1. The highest BCUT2D eigenvalue weighted by atomic mass is 16.3. The van der Waals surface area contributed by atoms with E-state index < -0.39 is 12.1 Å². The topological polar surface area (TPSA) is 69.6 Å². The van der Waals surface area contributed by atoms with Crippen molar-refractivity contribution in [2.24, 2.45) is 5.41 Å². The number of rotatable bonds is 3. The minimum Gasteiger partial charge on any atom is -0.391 e. The smallest absolute Gasteiger partial charge is 0.240 e. The van der Waals surface area contributed by atoms with Crippen LogP contribution in [0.2, 0.25) is 0 Å². The van der Waals surface area contributed by atoms with Crippen LogP contribution in [-0.4, -0.2) is 53.5 Å². The molecule has 0 saturated carbocycles. The van der Waals surface area contributed by atoms with Crippen LogP contribution in [0.3, 0.4) is 0 Å². The number of nitrogens with one attached hydrogen (secondary N) is 1. The lowest BCUT2D eigenvalue weighted by atomic mass is 9.85. The molecule has 1 fully saturated rings. The molecule has 0 bridgehead atoms. The van der Waals surface area contributed by atoms with Crippen molar-refractivity contribution in [3.8, 4) is 0 Å². The molecule has 3 atom stereocenters. The maximum Gasteiger partial charge on any atom is 0.240 e. The van der Waals surface area contributed by atoms with Gasteiger partial charge in [-0.15, -0.1) is 0 Å². The lowest BCUT2D eigenvalue weighted by Gasteiger charge is -2.34. The summed E-state index contributed by atoms with van der Waals surface area (Å²) in [5.41, 5.74) is -0.235. The maximum atomic E-state index is 12.5. The quantitative estimate of drug-likeness (QED) is 0.755. The number of β-amino-alcohol motifs (C(OH)–C–C–N with tert-alkyl or cyclic N) is 1. The number of Topliss-reactive ketones (excluding diaryl/α,β-unsaturated/α-hetero) is 1. The molecule has 2 N–H and O–H groups in total. The number of nitrogens with zero attached hydrogens (tertiary/aromatic N) is 1. The van der Waals surface area contributed by atoms with Gasteiger partial charge in [-0.25, -0.2) is 0 Å². The number of carbonyl (C=O) groups is 2. The molecule has 0 spiro atoms. The molecule has 18 heavy (non-hydrogen) atoms. The predicted octanol–water partition coefficient (Wildman–Crippen LogP) is 0.171. The zero-order valence-electron chi connectivity index (χ0n) is 11.9. The van der Waals surface area contributed by atoms with Gasteiger partial charge in [0, 0.05) is 13.0 Å². The summed E-state index contributed by atoms with van der Waals surface area (Å²) in [5.74, 6) is -0.176. The molecular weight excluding hydrogens is 232 g/mol. The van der Waals surface area contributed by atoms with Gasteiger partial charge in [0.25, 0.3) is 0 Å². The average molecular weight is 256 g/mol. The summed E-state index contributed by atoms with van der Waals surface area (Å²) in [5, 5.41) is 12.7. The number of carbonyl (C=O) groups excluding carboxylic acids is 2. The number of aliphatic hydroxyl groups is 1. The summed E-state index contributed by atoms with van der Waals surface area (Å²) in [4.78, 5) is 25.5. The fourth-order valence-electron chi connectivity index (χ4n) is 2.54. The first-order chi connectivity index (χ1) is 8.18. The molecule has 0 aromatic heterocycles. The normalized spacial score (nSPS) is 26.2. The van der Waals surface area contributed by atoms with Crippen LogP contribution in [-0.2, 0) is 9.59 Å². The first-order valence-corrected chi connectivity index (χ1v) is 6.34. The van der Waals surface area contributed by atoms with Gasteiger partial charge in [0.2, 0.25) is 5.91 Å². The van der Waals surface area contributed by atoms with Crippen molar-refractivity contribution in [2.45, 2.75) is 52.3 Å². The van der Waals surface area contributed by atoms with Crippen molar-refractivity contribution in [3.05, 3.63) is 0 Å². The molecule has 1 saturated heterocycles. The van der Waals surface area contributed by atoms with Gasteiger partial charge in [-0.2, -0.15) is 0 Å². The van der Waals surface area contributed by atoms with Crippen LogP contribution >= 0.6 is 0 Å². The molecule has 1 amide bonds. The molecule has 1 aliphatic rings. The summed E-state index contributed by atoms with van der Waals surface area (Å²) in [6.07, 6.45) is -0.248. The molecule has 0 aliphatic carbocycles. The fourth-order valence-corrected chi connectivity index (χ4v) is 2.54. The van der Waals surface area contributed by atoms with Gasteiger partial charge in [-0.05, 0) is 19.4 Å². The number of ketones is 1. The Labute approximate surface area is 109 Å². The minimum absolute atomic E-state index is 0.0661. The number of hydrogen-bond acceptors (Lipinski definition) is 4. The fraction of sp³-hybridized carbons (Fsp3) is 0.846. The second kappa shape index (κ2) is 5.36. The molecule has 0 aromatic carbocycles. The largest absolute Gasteiger partial charge is 0.391 e. The van der Waals surface area contributed by atoms with Crippen LogP contribution in [0, 0.1) is 5.41 Å². The first-order valence-electron chi connectivity index (χ1n) is 6.34. The van der Waals surface area contributed by atoms with Crippen LogP contribution in [0.1, 0.15) is 34.1 Å². The molecule has 104 valence electrons. The molecular formula is C13H24N2O3. The third-order valence-corrected chi connectivity index (χ3v) is 3.43. The van der Waals surface area contributed by atoms with E-state index in [0.29, 0.717) is 6.42 Å². The van der Waals surface area contributed by atoms with Crippen LogP contribution in [0.5, 0.6) is 0 Å². The Hall–Kier alpha value is -0.940. The van der Waals surface area contributed by atoms with E-state index in [1.54, 1.807) is 7.05 Å². The van der Waals surface area contributed by atoms with Crippen LogP contribution in [0.4, 0.5) is 0 Å².